The Balaban J connectivity index is 2.68. The molecule has 1 aliphatic carbocycles. The Labute approximate surface area is 90.0 Å². The molecule has 0 spiro atoms. The van der Waals surface area contributed by atoms with E-state index in [0.29, 0.717) is 6.42 Å². The van der Waals surface area contributed by atoms with E-state index in [1.54, 1.807) is 6.92 Å². The number of ether oxygens (including phenoxy) is 1. The summed E-state index contributed by atoms with van der Waals surface area (Å²) in [5, 5.41) is 0. The smallest absolute Gasteiger partial charge is 0.406 e. The highest BCUT2D eigenvalue weighted by Gasteiger charge is 2.26. The van der Waals surface area contributed by atoms with Crippen molar-refractivity contribution in [1.29, 1.82) is 0 Å². The third-order valence-corrected chi connectivity index (χ3v) is 2.30. The van der Waals surface area contributed by atoms with Gasteiger partial charge >= 0.3 is 6.09 Å². The van der Waals surface area contributed by atoms with Gasteiger partial charge in [0, 0.05) is 6.42 Å². The predicted molar refractivity (Wildman–Crippen MR) is 59.0 cm³/mol. The van der Waals surface area contributed by atoms with Gasteiger partial charge in [-0.1, -0.05) is 29.7 Å². The van der Waals surface area contributed by atoms with Crippen molar-refractivity contribution >= 4 is 6.09 Å². The van der Waals surface area contributed by atoms with Gasteiger partial charge in [0.15, 0.2) is 5.60 Å². The van der Waals surface area contributed by atoms with Crippen LogP contribution in [-0.2, 0) is 4.74 Å². The normalized spacial score (nSPS) is 18.5. The monoisotopic (exact) mass is 205 g/mol. The fraction of sp³-hybridized carbons (Fsp3) is 0.417. The molecule has 1 rings (SSSR count). The van der Waals surface area contributed by atoms with E-state index in [4.69, 9.17) is 16.9 Å². The number of nitrogens with two attached hydrogens (primary N) is 1. The Morgan fingerprint density at radius 2 is 2.53 bits per heavy atom. The number of primary amides is 1. The third-order valence-electron chi connectivity index (χ3n) is 2.30. The van der Waals surface area contributed by atoms with Crippen molar-refractivity contribution in [2.75, 3.05) is 0 Å². The van der Waals surface area contributed by atoms with Crippen LogP contribution < -0.4 is 5.73 Å². The van der Waals surface area contributed by atoms with Crippen LogP contribution in [0.3, 0.4) is 0 Å². The number of hydrogen-bond acceptors (Lipinski definition) is 2. The number of carbonyl (C=O) groups is 1. The summed E-state index contributed by atoms with van der Waals surface area (Å²) in [7, 11) is 0. The Hall–Kier alpha value is -1.69. The van der Waals surface area contributed by atoms with Crippen LogP contribution in [0.2, 0.25) is 0 Å². The standard InChI is InChI=1S/C12H15NO2/c1-3-12(2,15-11(13)14)9-10-7-5-4-6-8-10/h1,4-5,7H,6,8-9H2,2H3,(H2,13,14). The van der Waals surface area contributed by atoms with Gasteiger partial charge in [0.05, 0.1) is 0 Å². The van der Waals surface area contributed by atoms with E-state index in [-0.39, 0.29) is 0 Å². The molecule has 0 fully saturated rings. The molecule has 3 heteroatoms. The molecule has 0 aromatic heterocycles. The Bertz CT molecular complexity index is 349. The fourth-order valence-electron chi connectivity index (χ4n) is 1.57. The topological polar surface area (TPSA) is 52.3 Å². The third kappa shape index (κ3) is 3.51. The second-order valence-corrected chi connectivity index (χ2v) is 3.76. The van der Waals surface area contributed by atoms with Gasteiger partial charge in [0.1, 0.15) is 0 Å². The first kappa shape index (κ1) is 11.4. The van der Waals surface area contributed by atoms with Crippen LogP contribution in [0.4, 0.5) is 4.79 Å². The van der Waals surface area contributed by atoms with Gasteiger partial charge in [-0.15, -0.1) is 6.42 Å². The van der Waals surface area contributed by atoms with E-state index < -0.39 is 11.7 Å². The number of allylic oxidation sites excluding steroid dienone is 3. The molecule has 0 aromatic carbocycles. The first-order chi connectivity index (χ1) is 7.06. The summed E-state index contributed by atoms with van der Waals surface area (Å²) in [6.45, 7) is 1.69. The lowest BCUT2D eigenvalue weighted by molar-refractivity contribution is 0.0736. The molecular weight excluding hydrogens is 190 g/mol. The molecule has 0 bridgehead atoms. The van der Waals surface area contributed by atoms with E-state index in [9.17, 15) is 4.79 Å². The highest BCUT2D eigenvalue weighted by atomic mass is 16.6. The second kappa shape index (κ2) is 4.70. The summed E-state index contributed by atoms with van der Waals surface area (Å²) < 4.78 is 4.93. The summed E-state index contributed by atoms with van der Waals surface area (Å²) in [4.78, 5) is 10.7. The molecular formula is C12H15NO2. The summed E-state index contributed by atoms with van der Waals surface area (Å²) >= 11 is 0. The molecule has 80 valence electrons. The minimum absolute atomic E-state index is 0.538. The molecule has 1 aliphatic rings. The predicted octanol–water partition coefficient (Wildman–Crippen LogP) is 2.14. The molecule has 0 saturated carbocycles. The molecule has 0 aliphatic heterocycles. The van der Waals surface area contributed by atoms with Crippen LogP contribution in [0, 0.1) is 12.3 Å². The zero-order chi connectivity index (χ0) is 11.3. The summed E-state index contributed by atoms with van der Waals surface area (Å²) in [6, 6.07) is 0. The van der Waals surface area contributed by atoms with Gasteiger partial charge in [-0.05, 0) is 19.8 Å². The van der Waals surface area contributed by atoms with Gasteiger partial charge in [0.2, 0.25) is 0 Å². The van der Waals surface area contributed by atoms with Crippen molar-refractivity contribution in [2.24, 2.45) is 5.73 Å². The molecule has 1 amide bonds. The minimum atomic E-state index is -0.928. The lowest BCUT2D eigenvalue weighted by atomic mass is 9.92. The van der Waals surface area contributed by atoms with Crippen molar-refractivity contribution in [3.8, 4) is 12.3 Å². The van der Waals surface area contributed by atoms with Gasteiger partial charge in [-0.25, -0.2) is 4.79 Å². The molecule has 15 heavy (non-hydrogen) atoms. The first-order valence-electron chi connectivity index (χ1n) is 4.86. The Morgan fingerprint density at radius 1 is 1.80 bits per heavy atom. The highest BCUT2D eigenvalue weighted by molar-refractivity contribution is 5.65. The Morgan fingerprint density at radius 3 is 3.00 bits per heavy atom. The van der Waals surface area contributed by atoms with Crippen molar-refractivity contribution in [3.63, 3.8) is 0 Å². The zero-order valence-electron chi connectivity index (χ0n) is 8.82. The molecule has 0 radical (unpaired) electrons. The second-order valence-electron chi connectivity index (χ2n) is 3.76. The molecule has 0 saturated heterocycles. The van der Waals surface area contributed by atoms with Crippen molar-refractivity contribution in [2.45, 2.75) is 31.8 Å². The van der Waals surface area contributed by atoms with Crippen LogP contribution in [-0.4, -0.2) is 11.7 Å². The molecule has 1 unspecified atom stereocenters. The first-order valence-corrected chi connectivity index (χ1v) is 4.86. The van der Waals surface area contributed by atoms with Crippen LogP contribution >= 0.6 is 0 Å². The van der Waals surface area contributed by atoms with Crippen LogP contribution in [0.5, 0.6) is 0 Å². The highest BCUT2D eigenvalue weighted by Crippen LogP contribution is 2.25. The average molecular weight is 205 g/mol. The Kier molecular flexibility index (Phi) is 3.56. The van der Waals surface area contributed by atoms with Crippen molar-refractivity contribution < 1.29 is 9.53 Å². The zero-order valence-corrected chi connectivity index (χ0v) is 8.82. The molecule has 0 aromatic rings. The molecule has 0 heterocycles. The number of rotatable bonds is 3. The molecule has 3 nitrogen and oxygen atoms in total. The maximum Gasteiger partial charge on any atom is 0.406 e. The van der Waals surface area contributed by atoms with Crippen molar-refractivity contribution in [1.82, 2.24) is 0 Å². The van der Waals surface area contributed by atoms with E-state index >= 15 is 0 Å². The maximum absolute atomic E-state index is 10.7. The van der Waals surface area contributed by atoms with E-state index in [2.05, 4.69) is 12.0 Å². The SMILES string of the molecule is C#CC(C)(CC1=CC=CCC1)OC(N)=O. The largest absolute Gasteiger partial charge is 0.430 e. The average Bonchev–Trinajstić information content (AvgIpc) is 2.18. The maximum atomic E-state index is 10.7. The lowest BCUT2D eigenvalue weighted by Crippen LogP contribution is -2.33. The van der Waals surface area contributed by atoms with Gasteiger partial charge in [-0.2, -0.15) is 0 Å². The lowest BCUT2D eigenvalue weighted by Gasteiger charge is -2.24. The van der Waals surface area contributed by atoms with Crippen LogP contribution in [0.15, 0.2) is 23.8 Å². The molecule has 1 atom stereocenters. The minimum Gasteiger partial charge on any atom is -0.430 e. The van der Waals surface area contributed by atoms with Crippen molar-refractivity contribution in [3.05, 3.63) is 23.8 Å². The summed E-state index contributed by atoms with van der Waals surface area (Å²) in [5.41, 5.74) is 5.22. The van der Waals surface area contributed by atoms with Gasteiger partial charge in [-0.3, -0.25) is 0 Å². The number of hydrogen-bond donors (Lipinski definition) is 1. The van der Waals surface area contributed by atoms with E-state index in [0.717, 1.165) is 12.8 Å². The quantitative estimate of drug-likeness (QED) is 0.717. The number of terminal acetylenes is 1. The fourth-order valence-corrected chi connectivity index (χ4v) is 1.57. The summed E-state index contributed by atoms with van der Waals surface area (Å²) in [6.07, 6.45) is 13.1. The molecule has 2 N–H and O–H groups in total. The van der Waals surface area contributed by atoms with Gasteiger partial charge in [0.25, 0.3) is 0 Å². The van der Waals surface area contributed by atoms with Crippen LogP contribution in [0.1, 0.15) is 26.2 Å². The number of carbonyl (C=O) groups excluding carboxylic acids is 1. The summed E-state index contributed by atoms with van der Waals surface area (Å²) in [5.74, 6) is 2.47. The van der Waals surface area contributed by atoms with Gasteiger partial charge < -0.3 is 10.5 Å². The van der Waals surface area contributed by atoms with E-state index in [1.807, 2.05) is 12.2 Å². The number of amides is 1. The van der Waals surface area contributed by atoms with E-state index in [1.165, 1.54) is 5.57 Å². The van der Waals surface area contributed by atoms with Crippen LogP contribution in [0.25, 0.3) is 0 Å².